The summed E-state index contributed by atoms with van der Waals surface area (Å²) in [6, 6.07) is 7.27. The van der Waals surface area contributed by atoms with Gasteiger partial charge in [-0.05, 0) is 5.56 Å². The first-order chi connectivity index (χ1) is 10.1. The van der Waals surface area contributed by atoms with Crippen LogP contribution in [0.4, 0.5) is 10.7 Å². The molecule has 1 heterocycles. The average Bonchev–Trinajstić information content (AvgIpc) is 2.48. The van der Waals surface area contributed by atoms with Crippen LogP contribution in [0.15, 0.2) is 42.7 Å². The number of carboxylic acid groups (broad SMARTS) is 1. The fraction of sp³-hybridized carbons (Fsp3) is 0.154. The number of nitrogens with one attached hydrogen (secondary N) is 2. The maximum Gasteiger partial charge on any atom is 0.326 e. The molecule has 1 atom stereocenters. The maximum absolute atomic E-state index is 11.7. The quantitative estimate of drug-likeness (QED) is 0.744. The zero-order valence-electron chi connectivity index (χ0n) is 10.9. The van der Waals surface area contributed by atoms with E-state index in [1.54, 1.807) is 24.3 Å². The topological polar surface area (TPSA) is 117 Å². The van der Waals surface area contributed by atoms with Gasteiger partial charge in [-0.25, -0.2) is 14.6 Å². The van der Waals surface area contributed by atoms with Gasteiger partial charge < -0.3 is 10.4 Å². The minimum Gasteiger partial charge on any atom is -0.480 e. The summed E-state index contributed by atoms with van der Waals surface area (Å²) in [5, 5.41) is 21.0. The number of rotatable bonds is 5. The van der Waals surface area contributed by atoms with E-state index >= 15 is 0 Å². The van der Waals surface area contributed by atoms with E-state index in [9.17, 15) is 9.59 Å². The van der Waals surface area contributed by atoms with Crippen LogP contribution in [0, 0.1) is 0 Å². The van der Waals surface area contributed by atoms with E-state index in [2.05, 4.69) is 25.8 Å². The summed E-state index contributed by atoms with van der Waals surface area (Å²) < 4.78 is 0. The average molecular weight is 287 g/mol. The normalized spacial score (nSPS) is 11.4. The van der Waals surface area contributed by atoms with Crippen LogP contribution in [0.3, 0.4) is 0 Å². The van der Waals surface area contributed by atoms with Crippen LogP contribution in [0.25, 0.3) is 0 Å². The largest absolute Gasteiger partial charge is 0.480 e. The number of anilines is 1. The van der Waals surface area contributed by atoms with E-state index in [-0.39, 0.29) is 12.4 Å². The Morgan fingerprint density at radius 3 is 2.57 bits per heavy atom. The molecule has 0 saturated heterocycles. The molecule has 0 fully saturated rings. The number of benzene rings is 1. The number of amides is 2. The van der Waals surface area contributed by atoms with Gasteiger partial charge >= 0.3 is 12.0 Å². The molecule has 0 unspecified atom stereocenters. The van der Waals surface area contributed by atoms with Crippen LogP contribution in [-0.2, 0) is 11.2 Å². The highest BCUT2D eigenvalue weighted by atomic mass is 16.4. The first-order valence-electron chi connectivity index (χ1n) is 6.13. The van der Waals surface area contributed by atoms with E-state index in [1.165, 1.54) is 12.4 Å². The first-order valence-corrected chi connectivity index (χ1v) is 6.13. The van der Waals surface area contributed by atoms with Gasteiger partial charge in [0.1, 0.15) is 6.04 Å². The number of nitrogens with zero attached hydrogens (tertiary/aromatic N) is 3. The Balaban J connectivity index is 1.96. The van der Waals surface area contributed by atoms with Crippen molar-refractivity contribution in [1.29, 1.82) is 0 Å². The van der Waals surface area contributed by atoms with Gasteiger partial charge in [0.25, 0.3) is 5.95 Å². The molecule has 8 heteroatoms. The Kier molecular flexibility index (Phi) is 4.75. The summed E-state index contributed by atoms with van der Waals surface area (Å²) in [5.41, 5.74) is 0.808. The summed E-state index contributed by atoms with van der Waals surface area (Å²) in [6.45, 7) is 0. The summed E-state index contributed by atoms with van der Waals surface area (Å²) in [7, 11) is 0. The Morgan fingerprint density at radius 2 is 1.95 bits per heavy atom. The van der Waals surface area contributed by atoms with E-state index < -0.39 is 18.0 Å². The van der Waals surface area contributed by atoms with Crippen LogP contribution in [0.5, 0.6) is 0 Å². The lowest BCUT2D eigenvalue weighted by atomic mass is 10.1. The van der Waals surface area contributed by atoms with Crippen molar-refractivity contribution in [3.8, 4) is 0 Å². The molecular weight excluding hydrogens is 274 g/mol. The third kappa shape index (κ3) is 4.53. The smallest absolute Gasteiger partial charge is 0.326 e. The Morgan fingerprint density at radius 1 is 1.19 bits per heavy atom. The number of hydrogen-bond acceptors (Lipinski definition) is 5. The number of urea groups is 1. The number of hydrogen-bond donors (Lipinski definition) is 3. The second-order valence-electron chi connectivity index (χ2n) is 4.15. The molecule has 0 radical (unpaired) electrons. The highest BCUT2D eigenvalue weighted by Crippen LogP contribution is 2.04. The Hall–Kier alpha value is -3.03. The fourth-order valence-electron chi connectivity index (χ4n) is 1.65. The first kappa shape index (κ1) is 14.4. The van der Waals surface area contributed by atoms with E-state index in [4.69, 9.17) is 5.11 Å². The molecule has 2 rings (SSSR count). The summed E-state index contributed by atoms with van der Waals surface area (Å²) in [6.07, 6.45) is 2.90. The number of carboxylic acids is 1. The van der Waals surface area contributed by atoms with Crippen LogP contribution in [0.1, 0.15) is 5.56 Å². The molecule has 3 N–H and O–H groups in total. The molecule has 21 heavy (non-hydrogen) atoms. The molecule has 8 nitrogen and oxygen atoms in total. The van der Waals surface area contributed by atoms with Crippen molar-refractivity contribution in [2.24, 2.45) is 0 Å². The highest BCUT2D eigenvalue weighted by molar-refractivity contribution is 5.90. The number of carbonyl (C=O) groups is 2. The van der Waals surface area contributed by atoms with Gasteiger partial charge in [-0.2, -0.15) is 5.10 Å². The SMILES string of the molecule is O=C(Nc1nccnn1)N[C@@H](Cc1ccccc1)C(=O)O. The van der Waals surface area contributed by atoms with Crippen molar-refractivity contribution in [1.82, 2.24) is 20.5 Å². The zero-order valence-corrected chi connectivity index (χ0v) is 10.9. The molecule has 1 aromatic heterocycles. The summed E-state index contributed by atoms with van der Waals surface area (Å²) in [5.74, 6) is -1.13. The lowest BCUT2D eigenvalue weighted by Gasteiger charge is -2.14. The summed E-state index contributed by atoms with van der Waals surface area (Å²) in [4.78, 5) is 26.7. The summed E-state index contributed by atoms with van der Waals surface area (Å²) >= 11 is 0. The van der Waals surface area contributed by atoms with Gasteiger partial charge in [-0.1, -0.05) is 30.3 Å². The van der Waals surface area contributed by atoms with Crippen molar-refractivity contribution in [2.45, 2.75) is 12.5 Å². The van der Waals surface area contributed by atoms with Crippen LogP contribution < -0.4 is 10.6 Å². The molecule has 0 spiro atoms. The molecular formula is C13H13N5O3. The van der Waals surface area contributed by atoms with E-state index in [0.717, 1.165) is 5.56 Å². The lowest BCUT2D eigenvalue weighted by Crippen LogP contribution is -2.44. The van der Waals surface area contributed by atoms with Crippen LogP contribution in [0.2, 0.25) is 0 Å². The molecule has 0 aliphatic heterocycles. The number of aromatic nitrogens is 3. The van der Waals surface area contributed by atoms with Crippen molar-refractivity contribution >= 4 is 17.9 Å². The number of carbonyl (C=O) groups excluding carboxylic acids is 1. The maximum atomic E-state index is 11.7. The monoisotopic (exact) mass is 287 g/mol. The molecule has 2 aromatic rings. The van der Waals surface area contributed by atoms with Gasteiger partial charge in [0.05, 0.1) is 12.4 Å². The van der Waals surface area contributed by atoms with E-state index in [0.29, 0.717) is 0 Å². The van der Waals surface area contributed by atoms with Crippen LogP contribution >= 0.6 is 0 Å². The molecule has 0 saturated carbocycles. The molecule has 1 aromatic carbocycles. The van der Waals surface area contributed by atoms with Gasteiger partial charge in [0.2, 0.25) is 0 Å². The predicted octanol–water partition coefficient (Wildman–Crippen LogP) is 0.689. The number of aliphatic carboxylic acids is 1. The minimum atomic E-state index is -1.12. The Bertz CT molecular complexity index is 606. The standard InChI is InChI=1S/C13H13N5O3/c19-11(20)10(8-9-4-2-1-3-5-9)16-13(21)17-12-14-6-7-15-18-12/h1-7,10H,8H2,(H,19,20)(H2,14,16,17,18,21)/t10-/m0/s1. The molecule has 0 aliphatic carbocycles. The Labute approximate surface area is 120 Å². The molecule has 2 amide bonds. The predicted molar refractivity (Wildman–Crippen MR) is 73.6 cm³/mol. The fourth-order valence-corrected chi connectivity index (χ4v) is 1.65. The third-order valence-electron chi connectivity index (χ3n) is 2.59. The van der Waals surface area contributed by atoms with Crippen molar-refractivity contribution in [2.75, 3.05) is 5.32 Å². The lowest BCUT2D eigenvalue weighted by molar-refractivity contribution is -0.139. The third-order valence-corrected chi connectivity index (χ3v) is 2.59. The zero-order chi connectivity index (χ0) is 15.1. The van der Waals surface area contributed by atoms with Crippen LogP contribution in [-0.4, -0.2) is 38.3 Å². The van der Waals surface area contributed by atoms with E-state index in [1.807, 2.05) is 6.07 Å². The van der Waals surface area contributed by atoms with Gasteiger partial charge in [0.15, 0.2) is 0 Å². The molecule has 108 valence electrons. The van der Waals surface area contributed by atoms with Crippen molar-refractivity contribution in [3.05, 3.63) is 48.3 Å². The van der Waals surface area contributed by atoms with Crippen molar-refractivity contribution < 1.29 is 14.7 Å². The molecule has 0 aliphatic rings. The second kappa shape index (κ2) is 6.94. The minimum absolute atomic E-state index is 0.00106. The molecule has 0 bridgehead atoms. The van der Waals surface area contributed by atoms with Crippen molar-refractivity contribution in [3.63, 3.8) is 0 Å². The van der Waals surface area contributed by atoms with Gasteiger partial charge in [-0.15, -0.1) is 5.10 Å². The van der Waals surface area contributed by atoms with Gasteiger partial charge in [-0.3, -0.25) is 5.32 Å². The second-order valence-corrected chi connectivity index (χ2v) is 4.15. The highest BCUT2D eigenvalue weighted by Gasteiger charge is 2.20. The van der Waals surface area contributed by atoms with Gasteiger partial charge in [0, 0.05) is 6.42 Å².